The molecule has 0 amide bonds. The third-order valence-corrected chi connectivity index (χ3v) is 10.1. The second-order valence-electron chi connectivity index (χ2n) is 10.3. The molecule has 0 saturated carbocycles. The van der Waals surface area contributed by atoms with Gasteiger partial charge in [0.15, 0.2) is 0 Å². The van der Waals surface area contributed by atoms with Gasteiger partial charge in [0.25, 0.3) is 11.6 Å². The van der Waals surface area contributed by atoms with Crippen LogP contribution in [0.2, 0.25) is 0 Å². The van der Waals surface area contributed by atoms with Gasteiger partial charge >= 0.3 is 0 Å². The Morgan fingerprint density at radius 1 is 0.769 bits per heavy atom. The Labute approximate surface area is 232 Å². The van der Waals surface area contributed by atoms with Gasteiger partial charge in [0.1, 0.15) is 37.9 Å². The van der Waals surface area contributed by atoms with Crippen LogP contribution in [0.3, 0.4) is 0 Å². The molecule has 0 aliphatic carbocycles. The lowest BCUT2D eigenvalue weighted by molar-refractivity contribution is -0.723. The SMILES string of the molecule is CCCn1cc[n+]2c1CC1(Cc3n(C(C)C)cc[n+]3C1)C2.CS(=O)(=O)[N-]S(C)(=O)=O.CS(=O)(=O)[N-]S(C)(=O)=O. The third-order valence-electron chi connectivity index (χ3n) is 5.77. The average Bonchev–Trinajstić information content (AvgIpc) is 3.39. The molecule has 1 unspecified atom stereocenters. The zero-order chi connectivity index (χ0) is 30.0. The maximum Gasteiger partial charge on any atom is 0.257 e. The molecule has 39 heavy (non-hydrogen) atoms. The van der Waals surface area contributed by atoms with Crippen LogP contribution in [0, 0.1) is 5.41 Å². The van der Waals surface area contributed by atoms with Crippen molar-refractivity contribution in [2.24, 2.45) is 5.41 Å². The van der Waals surface area contributed by atoms with Crippen molar-refractivity contribution in [1.29, 1.82) is 0 Å². The number of hydrogen-bond acceptors (Lipinski definition) is 8. The summed E-state index contributed by atoms with van der Waals surface area (Å²) in [6.45, 7) is 10.3. The molecule has 0 aromatic carbocycles. The van der Waals surface area contributed by atoms with Crippen LogP contribution in [0.4, 0.5) is 0 Å². The number of fused-ring (bicyclic) bond motifs is 2. The molecule has 14 nitrogen and oxygen atoms in total. The highest BCUT2D eigenvalue weighted by atomic mass is 32.3. The summed E-state index contributed by atoms with van der Waals surface area (Å²) in [5.41, 5.74) is 0.416. The predicted octanol–water partition coefficient (Wildman–Crippen LogP) is 0.213. The highest BCUT2D eigenvalue weighted by Crippen LogP contribution is 2.36. The van der Waals surface area contributed by atoms with E-state index in [1.165, 1.54) is 44.0 Å². The quantitative estimate of drug-likeness (QED) is 0.389. The van der Waals surface area contributed by atoms with E-state index >= 15 is 0 Å². The summed E-state index contributed by atoms with van der Waals surface area (Å²) in [5, 5.41) is 0. The molecule has 2 aliphatic rings. The standard InChI is InChI=1S/C17H26N4.2C2H6NO4S2/c1-4-5-18-6-7-19-12-17(10-15(18)19)11-16-20(13-17)8-9-21(16)14(2)3;2*1-8(4,5)3-9(2,6)7/h6-9,14H,4-5,10-13H2,1-3H3;2*1-2H3/q+2;2*-1. The number of hydrogen-bond donors (Lipinski definition) is 0. The van der Waals surface area contributed by atoms with Crippen LogP contribution in [0.15, 0.2) is 24.8 Å². The van der Waals surface area contributed by atoms with E-state index in [0.29, 0.717) is 36.5 Å². The average molecular weight is 631 g/mol. The number of nitrogens with zero attached hydrogens (tertiary/aromatic N) is 6. The molecule has 2 aromatic rings. The topological polar surface area (TPSA) is 182 Å². The van der Waals surface area contributed by atoms with E-state index < -0.39 is 40.1 Å². The van der Waals surface area contributed by atoms with Crippen molar-refractivity contribution in [1.82, 2.24) is 9.13 Å². The zero-order valence-corrected chi connectivity index (χ0v) is 26.5. The molecular formula is C21H38N6O8S4. The van der Waals surface area contributed by atoms with Gasteiger partial charge < -0.3 is 8.25 Å². The van der Waals surface area contributed by atoms with Gasteiger partial charge in [-0.15, -0.1) is 0 Å². The number of sulfonamides is 4. The summed E-state index contributed by atoms with van der Waals surface area (Å²) in [6, 6.07) is 0.557. The summed E-state index contributed by atoms with van der Waals surface area (Å²) in [7, 11) is -15.0. The van der Waals surface area contributed by atoms with E-state index in [0.717, 1.165) is 6.54 Å². The van der Waals surface area contributed by atoms with E-state index in [-0.39, 0.29) is 0 Å². The van der Waals surface area contributed by atoms with Gasteiger partial charge in [-0.05, 0) is 20.3 Å². The van der Waals surface area contributed by atoms with Crippen LogP contribution in [0.1, 0.15) is 44.9 Å². The summed E-state index contributed by atoms with van der Waals surface area (Å²) in [4.78, 5) is 0. The predicted molar refractivity (Wildman–Crippen MR) is 146 cm³/mol. The fourth-order valence-corrected chi connectivity index (χ4v) is 8.73. The lowest BCUT2D eigenvalue weighted by atomic mass is 9.85. The lowest BCUT2D eigenvalue weighted by Gasteiger charge is -2.15. The molecule has 2 aromatic heterocycles. The number of imidazole rings is 2. The minimum Gasteiger partial charge on any atom is -0.437 e. The third kappa shape index (κ3) is 10.6. The van der Waals surface area contributed by atoms with Gasteiger partial charge in [-0.2, -0.15) is 0 Å². The van der Waals surface area contributed by atoms with Crippen LogP contribution in [-0.4, -0.2) is 67.8 Å². The van der Waals surface area contributed by atoms with Crippen molar-refractivity contribution in [3.63, 3.8) is 0 Å². The van der Waals surface area contributed by atoms with Crippen LogP contribution in [0.25, 0.3) is 8.25 Å². The summed E-state index contributed by atoms with van der Waals surface area (Å²) in [5.74, 6) is 3.04. The molecule has 4 heterocycles. The van der Waals surface area contributed by atoms with E-state index in [2.05, 4.69) is 72.1 Å². The van der Waals surface area contributed by atoms with Crippen molar-refractivity contribution in [3.05, 3.63) is 44.7 Å². The molecule has 0 N–H and O–H groups in total. The Balaban J connectivity index is 0.000000249. The highest BCUT2D eigenvalue weighted by Gasteiger charge is 2.52. The molecule has 0 bridgehead atoms. The minimum absolute atomic E-state index is 0.416. The van der Waals surface area contributed by atoms with Gasteiger partial charge in [-0.3, -0.25) is 0 Å². The number of aromatic nitrogens is 4. The molecule has 0 radical (unpaired) electrons. The molecule has 1 spiro atoms. The van der Waals surface area contributed by atoms with Gasteiger partial charge in [-0.1, -0.05) is 6.92 Å². The van der Waals surface area contributed by atoms with Crippen molar-refractivity contribution < 1.29 is 42.8 Å². The maximum absolute atomic E-state index is 10.1. The number of rotatable bonds is 7. The monoisotopic (exact) mass is 630 g/mol. The largest absolute Gasteiger partial charge is 0.437 e. The summed E-state index contributed by atoms with van der Waals surface area (Å²) in [6.07, 6.45) is 15.6. The van der Waals surface area contributed by atoms with Crippen LogP contribution in [-0.2, 0) is 72.6 Å². The molecule has 224 valence electrons. The van der Waals surface area contributed by atoms with Crippen LogP contribution >= 0.6 is 0 Å². The van der Waals surface area contributed by atoms with Gasteiger partial charge in [0.05, 0.1) is 70.9 Å². The molecule has 2 aliphatic heterocycles. The fourth-order valence-electron chi connectivity index (χ4n) is 4.79. The minimum atomic E-state index is -3.74. The Kier molecular flexibility index (Phi) is 10.2. The maximum atomic E-state index is 10.1. The first-order chi connectivity index (χ1) is 17.5. The van der Waals surface area contributed by atoms with Crippen molar-refractivity contribution in [2.45, 2.75) is 65.7 Å². The second kappa shape index (κ2) is 11.9. The van der Waals surface area contributed by atoms with Crippen molar-refractivity contribution in [3.8, 4) is 0 Å². The first kappa shape index (κ1) is 33.3. The molecule has 4 rings (SSSR count). The summed E-state index contributed by atoms with van der Waals surface area (Å²) >= 11 is 0. The van der Waals surface area contributed by atoms with Gasteiger partial charge in [0.2, 0.25) is 0 Å². The normalized spacial score (nSPS) is 18.8. The first-order valence-corrected chi connectivity index (χ1v) is 19.4. The van der Waals surface area contributed by atoms with Crippen LogP contribution < -0.4 is 9.13 Å². The van der Waals surface area contributed by atoms with E-state index in [1.54, 1.807) is 0 Å². The Hall–Kier alpha value is -1.86. The molecule has 0 fully saturated rings. The van der Waals surface area contributed by atoms with Crippen molar-refractivity contribution >= 4 is 40.1 Å². The molecular weight excluding hydrogens is 593 g/mol. The van der Waals surface area contributed by atoms with Gasteiger partial charge in [-0.25, -0.2) is 51.9 Å². The van der Waals surface area contributed by atoms with E-state index in [4.69, 9.17) is 0 Å². The highest BCUT2D eigenvalue weighted by molar-refractivity contribution is 8.12. The summed E-state index contributed by atoms with van der Waals surface area (Å²) < 4.78 is 95.7. The Morgan fingerprint density at radius 3 is 1.56 bits per heavy atom. The lowest BCUT2D eigenvalue weighted by Crippen LogP contribution is -2.41. The fraction of sp³-hybridized carbons (Fsp3) is 0.714. The van der Waals surface area contributed by atoms with E-state index in [9.17, 15) is 33.7 Å². The van der Waals surface area contributed by atoms with Crippen molar-refractivity contribution in [2.75, 3.05) is 25.0 Å². The number of aryl methyl sites for hydroxylation is 1. The smallest absolute Gasteiger partial charge is 0.257 e. The van der Waals surface area contributed by atoms with Crippen LogP contribution in [0.5, 0.6) is 0 Å². The molecule has 0 saturated heterocycles. The first-order valence-electron chi connectivity index (χ1n) is 12.0. The molecule has 1 atom stereocenters. The molecule has 18 heteroatoms. The second-order valence-corrected chi connectivity index (χ2v) is 17.4. The Morgan fingerprint density at radius 2 is 1.18 bits per heavy atom. The van der Waals surface area contributed by atoms with E-state index in [1.807, 2.05) is 0 Å². The van der Waals surface area contributed by atoms with Gasteiger partial charge in [0, 0.05) is 25.0 Å². The Bertz CT molecular complexity index is 1490. The zero-order valence-electron chi connectivity index (χ0n) is 23.2.